The summed E-state index contributed by atoms with van der Waals surface area (Å²) >= 11 is 6.01. The lowest BCUT2D eigenvalue weighted by Gasteiger charge is -2.14. The molecular formula is C11H13ClN2O. The molecule has 1 atom stereocenters. The Morgan fingerprint density at radius 3 is 2.67 bits per heavy atom. The molecule has 1 aromatic carbocycles. The molecule has 1 unspecified atom stereocenters. The van der Waals surface area contributed by atoms with Crippen LogP contribution >= 0.6 is 11.6 Å². The molecule has 0 aromatic heterocycles. The van der Waals surface area contributed by atoms with Gasteiger partial charge in [-0.25, -0.2) is 0 Å². The number of nitrogens with one attached hydrogen (secondary N) is 1. The summed E-state index contributed by atoms with van der Waals surface area (Å²) < 4.78 is 5.22. The van der Waals surface area contributed by atoms with Crippen molar-refractivity contribution in [2.24, 2.45) is 0 Å². The van der Waals surface area contributed by atoms with Crippen molar-refractivity contribution < 1.29 is 4.74 Å². The van der Waals surface area contributed by atoms with Crippen molar-refractivity contribution in [1.29, 1.82) is 5.26 Å². The Labute approximate surface area is 94.6 Å². The summed E-state index contributed by atoms with van der Waals surface area (Å²) in [5.74, 6) is 0.679. The second-order valence-corrected chi connectivity index (χ2v) is 3.60. The maximum absolute atomic E-state index is 8.95. The molecule has 1 aromatic rings. The number of nitriles is 1. The van der Waals surface area contributed by atoms with Crippen LogP contribution in [0.5, 0.6) is 5.75 Å². The van der Waals surface area contributed by atoms with Gasteiger partial charge in [-0.1, -0.05) is 11.6 Å². The lowest BCUT2D eigenvalue weighted by Crippen LogP contribution is -2.15. The van der Waals surface area contributed by atoms with Gasteiger partial charge in [-0.3, -0.25) is 0 Å². The lowest BCUT2D eigenvalue weighted by molar-refractivity contribution is 0.406. The maximum atomic E-state index is 8.95. The zero-order valence-corrected chi connectivity index (χ0v) is 9.72. The third-order valence-corrected chi connectivity index (χ3v) is 2.65. The summed E-state index contributed by atoms with van der Waals surface area (Å²) in [6.07, 6.45) is 0. The third kappa shape index (κ3) is 2.41. The molecule has 0 aliphatic carbocycles. The summed E-state index contributed by atoms with van der Waals surface area (Å²) in [6.45, 7) is 1.90. The molecule has 4 heteroatoms. The highest BCUT2D eigenvalue weighted by Crippen LogP contribution is 2.30. The van der Waals surface area contributed by atoms with Gasteiger partial charge in [-0.2, -0.15) is 5.26 Å². The predicted molar refractivity (Wildman–Crippen MR) is 60.2 cm³/mol. The van der Waals surface area contributed by atoms with Gasteiger partial charge in [0.05, 0.1) is 13.2 Å². The van der Waals surface area contributed by atoms with Gasteiger partial charge in [0.1, 0.15) is 11.8 Å². The molecule has 0 aliphatic rings. The van der Waals surface area contributed by atoms with Crippen LogP contribution in [0.3, 0.4) is 0 Å². The molecule has 1 rings (SSSR count). The quantitative estimate of drug-likeness (QED) is 0.858. The number of rotatable bonds is 3. The molecule has 0 saturated heterocycles. The first kappa shape index (κ1) is 11.8. The number of hydrogen-bond acceptors (Lipinski definition) is 3. The normalized spacial score (nSPS) is 11.9. The van der Waals surface area contributed by atoms with E-state index in [0.29, 0.717) is 10.8 Å². The third-order valence-electron chi connectivity index (χ3n) is 2.24. The van der Waals surface area contributed by atoms with Crippen molar-refractivity contribution in [3.63, 3.8) is 0 Å². The molecule has 0 bridgehead atoms. The average molecular weight is 225 g/mol. The minimum Gasteiger partial charge on any atom is -0.496 e. The monoisotopic (exact) mass is 224 g/mol. The van der Waals surface area contributed by atoms with Gasteiger partial charge in [0.25, 0.3) is 0 Å². The van der Waals surface area contributed by atoms with E-state index in [1.54, 1.807) is 20.2 Å². The van der Waals surface area contributed by atoms with Crippen molar-refractivity contribution in [3.05, 3.63) is 28.3 Å². The van der Waals surface area contributed by atoms with Gasteiger partial charge in [0, 0.05) is 10.6 Å². The average Bonchev–Trinajstić information content (AvgIpc) is 2.24. The van der Waals surface area contributed by atoms with Crippen LogP contribution in [0.1, 0.15) is 17.2 Å². The Bertz CT molecular complexity index is 398. The van der Waals surface area contributed by atoms with Gasteiger partial charge in [0.2, 0.25) is 0 Å². The van der Waals surface area contributed by atoms with Crippen LogP contribution < -0.4 is 10.1 Å². The van der Waals surface area contributed by atoms with E-state index in [4.69, 9.17) is 21.6 Å². The first-order valence-electron chi connectivity index (χ1n) is 4.55. The van der Waals surface area contributed by atoms with Crippen LogP contribution in [-0.2, 0) is 0 Å². The zero-order chi connectivity index (χ0) is 11.4. The molecule has 3 nitrogen and oxygen atoms in total. The van der Waals surface area contributed by atoms with E-state index in [0.717, 1.165) is 11.1 Å². The Hall–Kier alpha value is -1.24. The predicted octanol–water partition coefficient (Wildman–Crippen LogP) is 2.44. The standard InChI is InChI=1S/C11H13ClN2O/c1-7-4-11(15-3)8(5-9(7)12)10(6-13)14-2/h4-5,10,14H,1-3H3. The highest BCUT2D eigenvalue weighted by molar-refractivity contribution is 6.31. The lowest BCUT2D eigenvalue weighted by atomic mass is 10.0. The molecule has 15 heavy (non-hydrogen) atoms. The van der Waals surface area contributed by atoms with E-state index < -0.39 is 6.04 Å². The minimum absolute atomic E-state index is 0.405. The van der Waals surface area contributed by atoms with Crippen LogP contribution in [0.2, 0.25) is 5.02 Å². The number of aryl methyl sites for hydroxylation is 1. The molecule has 0 saturated carbocycles. The van der Waals surface area contributed by atoms with Crippen LogP contribution in [-0.4, -0.2) is 14.2 Å². The van der Waals surface area contributed by atoms with Crippen LogP contribution in [0.15, 0.2) is 12.1 Å². The van der Waals surface area contributed by atoms with Gasteiger partial charge in [-0.05, 0) is 31.7 Å². The molecule has 0 spiro atoms. The fourth-order valence-electron chi connectivity index (χ4n) is 1.36. The second kappa shape index (κ2) is 5.01. The van der Waals surface area contributed by atoms with Crippen molar-refractivity contribution in [2.45, 2.75) is 13.0 Å². The number of hydrogen-bond donors (Lipinski definition) is 1. The molecule has 1 N–H and O–H groups in total. The highest BCUT2D eigenvalue weighted by Gasteiger charge is 2.15. The number of benzene rings is 1. The Balaban J connectivity index is 3.27. The van der Waals surface area contributed by atoms with Crippen molar-refractivity contribution in [1.82, 2.24) is 5.32 Å². The molecule has 80 valence electrons. The van der Waals surface area contributed by atoms with E-state index in [9.17, 15) is 0 Å². The summed E-state index contributed by atoms with van der Waals surface area (Å²) in [5.41, 5.74) is 1.70. The van der Waals surface area contributed by atoms with Crippen LogP contribution in [0.4, 0.5) is 0 Å². The summed E-state index contributed by atoms with van der Waals surface area (Å²) in [4.78, 5) is 0. The smallest absolute Gasteiger partial charge is 0.125 e. The number of nitrogens with zero attached hydrogens (tertiary/aromatic N) is 1. The largest absolute Gasteiger partial charge is 0.496 e. The van der Waals surface area contributed by atoms with E-state index >= 15 is 0 Å². The number of halogens is 1. The summed E-state index contributed by atoms with van der Waals surface area (Å²) in [6, 6.07) is 5.33. The van der Waals surface area contributed by atoms with Crippen molar-refractivity contribution >= 4 is 11.6 Å². The zero-order valence-electron chi connectivity index (χ0n) is 8.97. The van der Waals surface area contributed by atoms with E-state index in [1.165, 1.54) is 0 Å². The van der Waals surface area contributed by atoms with Gasteiger partial charge in [0.15, 0.2) is 0 Å². The van der Waals surface area contributed by atoms with Crippen LogP contribution in [0, 0.1) is 18.3 Å². The maximum Gasteiger partial charge on any atom is 0.125 e. The van der Waals surface area contributed by atoms with E-state index in [-0.39, 0.29) is 0 Å². The molecule has 0 fully saturated rings. The van der Waals surface area contributed by atoms with E-state index in [2.05, 4.69) is 11.4 Å². The highest BCUT2D eigenvalue weighted by atomic mass is 35.5. The van der Waals surface area contributed by atoms with E-state index in [1.807, 2.05) is 13.0 Å². The van der Waals surface area contributed by atoms with Gasteiger partial charge < -0.3 is 10.1 Å². The van der Waals surface area contributed by atoms with Gasteiger partial charge in [-0.15, -0.1) is 0 Å². The number of methoxy groups -OCH3 is 1. The summed E-state index contributed by atoms with van der Waals surface area (Å²) in [7, 11) is 3.30. The Morgan fingerprint density at radius 1 is 1.53 bits per heavy atom. The molecule has 0 aliphatic heterocycles. The molecular weight excluding hydrogens is 212 g/mol. The fourth-order valence-corrected chi connectivity index (χ4v) is 1.53. The SMILES string of the molecule is CNC(C#N)c1cc(Cl)c(C)cc1OC. The topological polar surface area (TPSA) is 45.0 Å². The number of ether oxygens (including phenoxy) is 1. The summed E-state index contributed by atoms with van der Waals surface area (Å²) in [5, 5.41) is 12.5. The van der Waals surface area contributed by atoms with Crippen molar-refractivity contribution in [2.75, 3.05) is 14.2 Å². The molecule has 0 radical (unpaired) electrons. The fraction of sp³-hybridized carbons (Fsp3) is 0.364. The molecule has 0 heterocycles. The second-order valence-electron chi connectivity index (χ2n) is 3.19. The van der Waals surface area contributed by atoms with Gasteiger partial charge >= 0.3 is 0 Å². The Morgan fingerprint density at radius 2 is 2.20 bits per heavy atom. The first-order chi connectivity index (χ1) is 7.13. The van der Waals surface area contributed by atoms with Crippen molar-refractivity contribution in [3.8, 4) is 11.8 Å². The molecule has 0 amide bonds. The first-order valence-corrected chi connectivity index (χ1v) is 4.92. The minimum atomic E-state index is -0.405. The van der Waals surface area contributed by atoms with Crippen LogP contribution in [0.25, 0.3) is 0 Å². The Kier molecular flexibility index (Phi) is 3.96.